The molecule has 0 fully saturated rings. The summed E-state index contributed by atoms with van der Waals surface area (Å²) >= 11 is 0. The molecule has 3 aromatic carbocycles. The highest BCUT2D eigenvalue weighted by atomic mass is 16.5. The number of fused-ring (bicyclic) bond motifs is 8. The Hall–Kier alpha value is -5.49. The van der Waals surface area contributed by atoms with Crippen LogP contribution in [0.1, 0.15) is 11.1 Å². The first-order valence-corrected chi connectivity index (χ1v) is 13.6. The zero-order chi connectivity index (χ0) is 25.5. The van der Waals surface area contributed by atoms with Crippen molar-refractivity contribution in [3.05, 3.63) is 115 Å². The molecule has 3 aliphatic heterocycles. The van der Waals surface area contributed by atoms with E-state index in [2.05, 4.69) is 116 Å². The molecule has 9 heterocycles. The van der Waals surface area contributed by atoms with E-state index in [9.17, 15) is 0 Å². The molecule has 3 aliphatic rings. The predicted octanol–water partition coefficient (Wildman–Crippen LogP) is 5.96. The summed E-state index contributed by atoms with van der Waals surface area (Å²) in [6, 6.07) is 26.3. The molecule has 0 radical (unpaired) electrons. The van der Waals surface area contributed by atoms with Crippen molar-refractivity contribution in [1.29, 1.82) is 0 Å². The van der Waals surface area contributed by atoms with E-state index in [0.29, 0.717) is 0 Å². The molecule has 1 unspecified atom stereocenters. The third-order valence-electron chi connectivity index (χ3n) is 9.75. The number of benzene rings is 3. The molecular weight excluding hydrogens is 494 g/mol. The van der Waals surface area contributed by atoms with Crippen LogP contribution >= 0.6 is 0 Å². The molecule has 182 valence electrons. The summed E-state index contributed by atoms with van der Waals surface area (Å²) in [6.07, 6.45) is 10.8. The summed E-state index contributed by atoms with van der Waals surface area (Å²) < 4.78 is 16.4. The van der Waals surface area contributed by atoms with Crippen molar-refractivity contribution in [2.24, 2.45) is 0 Å². The van der Waals surface area contributed by atoms with Gasteiger partial charge in [-0.3, -0.25) is 4.40 Å². The van der Waals surface area contributed by atoms with Gasteiger partial charge in [0.1, 0.15) is 28.2 Å². The maximum absolute atomic E-state index is 6.82. The van der Waals surface area contributed by atoms with Crippen LogP contribution in [0.15, 0.2) is 104 Å². The van der Waals surface area contributed by atoms with Crippen molar-refractivity contribution in [3.63, 3.8) is 0 Å². The summed E-state index contributed by atoms with van der Waals surface area (Å²) in [6.45, 7) is 0. The average molecular weight is 512 g/mol. The molecule has 6 nitrogen and oxygen atoms in total. The Morgan fingerprint density at radius 3 is 2.17 bits per heavy atom. The number of aromatic nitrogens is 5. The molecule has 1 atom stereocenters. The maximum atomic E-state index is 6.82. The molecule has 40 heavy (non-hydrogen) atoms. The van der Waals surface area contributed by atoms with Gasteiger partial charge in [0.25, 0.3) is 0 Å². The minimum atomic E-state index is -0.597. The van der Waals surface area contributed by atoms with Gasteiger partial charge in [-0.05, 0) is 36.4 Å². The Labute approximate surface area is 225 Å². The molecule has 0 bridgehead atoms. The van der Waals surface area contributed by atoms with Gasteiger partial charge >= 0.3 is 5.66 Å². The molecule has 0 N–H and O–H groups in total. The quantitative estimate of drug-likeness (QED) is 0.186. The van der Waals surface area contributed by atoms with Crippen LogP contribution in [0.5, 0.6) is 11.5 Å². The molecule has 9 aromatic rings. The second-order valence-electron chi connectivity index (χ2n) is 11.3. The van der Waals surface area contributed by atoms with E-state index < -0.39 is 5.66 Å². The lowest BCUT2D eigenvalue weighted by Crippen LogP contribution is -2.72. The Morgan fingerprint density at radius 1 is 0.675 bits per heavy atom. The Balaban J connectivity index is 1.42. The van der Waals surface area contributed by atoms with Gasteiger partial charge in [-0.15, -0.1) is 9.13 Å². The molecule has 6 aromatic heterocycles. The van der Waals surface area contributed by atoms with E-state index in [4.69, 9.17) is 9.72 Å². The Bertz CT molecular complexity index is 2750. The van der Waals surface area contributed by atoms with E-state index in [1.807, 2.05) is 6.20 Å². The monoisotopic (exact) mass is 511 g/mol. The lowest BCUT2D eigenvalue weighted by molar-refractivity contribution is -0.945. The van der Waals surface area contributed by atoms with Gasteiger partial charge in [-0.1, -0.05) is 24.3 Å². The third-order valence-corrected chi connectivity index (χ3v) is 9.75. The van der Waals surface area contributed by atoms with Crippen LogP contribution in [-0.4, -0.2) is 13.8 Å². The van der Waals surface area contributed by atoms with E-state index in [1.165, 1.54) is 60.1 Å². The highest BCUT2D eigenvalue weighted by Crippen LogP contribution is 2.57. The highest BCUT2D eigenvalue weighted by molar-refractivity contribution is 6.21. The maximum Gasteiger partial charge on any atom is 0.425 e. The highest BCUT2D eigenvalue weighted by Gasteiger charge is 2.69. The molecule has 0 amide bonds. The van der Waals surface area contributed by atoms with E-state index in [1.54, 1.807) is 0 Å². The van der Waals surface area contributed by atoms with Gasteiger partial charge in [0.15, 0.2) is 23.5 Å². The molecule has 0 aliphatic carbocycles. The summed E-state index contributed by atoms with van der Waals surface area (Å²) in [5, 5.41) is 7.42. The minimum Gasteiger partial charge on any atom is -0.456 e. The van der Waals surface area contributed by atoms with Crippen molar-refractivity contribution in [2.45, 2.75) is 5.66 Å². The average Bonchev–Trinajstić information content (AvgIpc) is 3.77. The molecule has 0 saturated carbocycles. The van der Waals surface area contributed by atoms with Crippen LogP contribution in [0.3, 0.4) is 0 Å². The first kappa shape index (κ1) is 18.7. The van der Waals surface area contributed by atoms with Crippen molar-refractivity contribution in [3.8, 4) is 11.5 Å². The molecule has 12 rings (SSSR count). The SMILES string of the molecule is c1ccc2c(c1)cn1c3ccc[n+]4c3c3c5c(ccc3c21)Oc1ccc2c3c1C54[n+]1cccc(c31)n1ccnc21. The number of hydrogen-bond acceptors (Lipinski definition) is 2. The summed E-state index contributed by atoms with van der Waals surface area (Å²) in [4.78, 5) is 4.80. The van der Waals surface area contributed by atoms with Crippen molar-refractivity contribution >= 4 is 65.5 Å². The normalized spacial score (nSPS) is 17.8. The fraction of sp³-hybridized carbons (Fsp3) is 0.0294. The predicted molar refractivity (Wildman–Crippen MR) is 152 cm³/mol. The van der Waals surface area contributed by atoms with Crippen LogP contribution in [0.25, 0.3) is 65.5 Å². The lowest BCUT2D eigenvalue weighted by atomic mass is 9.86. The second-order valence-corrected chi connectivity index (χ2v) is 11.3. The number of hydrogen-bond donors (Lipinski definition) is 0. The van der Waals surface area contributed by atoms with Gasteiger partial charge in [-0.25, -0.2) is 4.98 Å². The number of rotatable bonds is 0. The van der Waals surface area contributed by atoms with E-state index in [-0.39, 0.29) is 0 Å². The minimum absolute atomic E-state index is 0.597. The number of pyridine rings is 4. The van der Waals surface area contributed by atoms with Gasteiger partial charge in [0.2, 0.25) is 11.0 Å². The fourth-order valence-corrected chi connectivity index (χ4v) is 8.49. The van der Waals surface area contributed by atoms with Crippen molar-refractivity contribution < 1.29 is 13.9 Å². The lowest BCUT2D eigenvalue weighted by Gasteiger charge is -2.26. The van der Waals surface area contributed by atoms with Gasteiger partial charge in [-0.2, -0.15) is 0 Å². The Kier molecular flexibility index (Phi) is 2.62. The topological polar surface area (TPSA) is 38.7 Å². The molecular formula is C34H17N5O+2. The summed E-state index contributed by atoms with van der Waals surface area (Å²) in [5.41, 5.74) is 8.85. The molecule has 6 heteroatoms. The summed E-state index contributed by atoms with van der Waals surface area (Å²) in [7, 11) is 0. The van der Waals surface area contributed by atoms with Crippen LogP contribution < -0.4 is 13.9 Å². The zero-order valence-electron chi connectivity index (χ0n) is 21.0. The van der Waals surface area contributed by atoms with Crippen LogP contribution in [0.4, 0.5) is 0 Å². The number of nitrogens with zero attached hydrogens (tertiary/aromatic N) is 5. The first-order chi connectivity index (χ1) is 19.9. The largest absolute Gasteiger partial charge is 0.456 e. The van der Waals surface area contributed by atoms with E-state index in [0.717, 1.165) is 28.0 Å². The van der Waals surface area contributed by atoms with Crippen LogP contribution in [0, 0.1) is 0 Å². The smallest absolute Gasteiger partial charge is 0.425 e. The summed E-state index contributed by atoms with van der Waals surface area (Å²) in [5.74, 6) is 1.83. The van der Waals surface area contributed by atoms with Gasteiger partial charge in [0.05, 0.1) is 16.3 Å². The number of imidazole rings is 1. The number of ether oxygens (including phenoxy) is 1. The zero-order valence-corrected chi connectivity index (χ0v) is 21.0. The van der Waals surface area contributed by atoms with Gasteiger partial charge in [0, 0.05) is 52.3 Å². The molecule has 1 spiro atoms. The van der Waals surface area contributed by atoms with E-state index >= 15 is 0 Å². The molecule has 0 saturated heterocycles. The fourth-order valence-electron chi connectivity index (χ4n) is 8.49. The van der Waals surface area contributed by atoms with Crippen LogP contribution in [0.2, 0.25) is 0 Å². The van der Waals surface area contributed by atoms with Crippen LogP contribution in [-0.2, 0) is 5.66 Å². The first-order valence-electron chi connectivity index (χ1n) is 13.6. The standard InChI is InChI=1S/C34H17N5O/c1-2-6-19-18(5-1)17-37-23-8-4-15-39-32(23)26-20(30(19)37)9-11-24-28(26)34(39)29-25(40-24)12-10-21-27(29)31-22(7-3-14-38(31)34)36-16-13-35-33(21)36/h1-17H/q+2. The second kappa shape index (κ2) is 5.60. The Morgan fingerprint density at radius 2 is 1.38 bits per heavy atom. The van der Waals surface area contributed by atoms with Gasteiger partial charge < -0.3 is 9.14 Å². The van der Waals surface area contributed by atoms with Crippen molar-refractivity contribution in [2.75, 3.05) is 0 Å². The van der Waals surface area contributed by atoms with Crippen molar-refractivity contribution in [1.82, 2.24) is 13.8 Å². The third kappa shape index (κ3) is 1.61.